The van der Waals surface area contributed by atoms with Crippen LogP contribution in [0, 0.1) is 6.92 Å². The molecule has 1 nitrogen and oxygen atoms in total. The SMILES string of the molecule is C=CCC(N)(CC=C)c1ccccc1C. The van der Waals surface area contributed by atoms with E-state index in [0.29, 0.717) is 0 Å². The van der Waals surface area contributed by atoms with Crippen molar-refractivity contribution in [2.45, 2.75) is 25.3 Å². The van der Waals surface area contributed by atoms with E-state index in [9.17, 15) is 0 Å². The first kappa shape index (κ1) is 11.7. The molecule has 0 saturated heterocycles. The van der Waals surface area contributed by atoms with E-state index in [1.54, 1.807) is 0 Å². The fourth-order valence-corrected chi connectivity index (χ4v) is 1.95. The van der Waals surface area contributed by atoms with Crippen LogP contribution in [0.25, 0.3) is 0 Å². The maximum Gasteiger partial charge on any atom is 0.0481 e. The summed E-state index contributed by atoms with van der Waals surface area (Å²) in [5.74, 6) is 0. The summed E-state index contributed by atoms with van der Waals surface area (Å²) < 4.78 is 0. The monoisotopic (exact) mass is 201 g/mol. The van der Waals surface area contributed by atoms with Crippen molar-refractivity contribution in [3.05, 3.63) is 60.7 Å². The molecular formula is C14H19N. The summed E-state index contributed by atoms with van der Waals surface area (Å²) in [5, 5.41) is 0. The highest BCUT2D eigenvalue weighted by molar-refractivity contribution is 5.33. The summed E-state index contributed by atoms with van der Waals surface area (Å²) in [5.41, 5.74) is 8.46. The first-order valence-corrected chi connectivity index (χ1v) is 5.21. The Bertz CT molecular complexity index is 342. The molecule has 0 bridgehead atoms. The first-order chi connectivity index (χ1) is 7.14. The minimum absolute atomic E-state index is 0.352. The standard InChI is InChI=1S/C14H19N/c1-4-10-14(15,11-5-2)13-9-7-6-8-12(13)3/h4-9H,1-2,10-11,15H2,3H3. The summed E-state index contributed by atoms with van der Waals surface area (Å²) in [4.78, 5) is 0. The maximum absolute atomic E-state index is 6.40. The van der Waals surface area contributed by atoms with Crippen molar-refractivity contribution in [3.8, 4) is 0 Å². The maximum atomic E-state index is 6.40. The van der Waals surface area contributed by atoms with Gasteiger partial charge in [0.2, 0.25) is 0 Å². The zero-order valence-corrected chi connectivity index (χ0v) is 9.37. The molecule has 0 amide bonds. The lowest BCUT2D eigenvalue weighted by Crippen LogP contribution is -2.36. The van der Waals surface area contributed by atoms with Gasteiger partial charge < -0.3 is 5.73 Å². The Hall–Kier alpha value is -1.34. The van der Waals surface area contributed by atoms with E-state index < -0.39 is 0 Å². The molecule has 0 aromatic heterocycles. The molecule has 2 N–H and O–H groups in total. The molecule has 0 atom stereocenters. The Kier molecular flexibility index (Phi) is 3.87. The lowest BCUT2D eigenvalue weighted by Gasteiger charge is -2.29. The van der Waals surface area contributed by atoms with Crippen LogP contribution < -0.4 is 5.73 Å². The predicted molar refractivity (Wildman–Crippen MR) is 66.7 cm³/mol. The van der Waals surface area contributed by atoms with Crippen molar-refractivity contribution in [3.63, 3.8) is 0 Å². The van der Waals surface area contributed by atoms with E-state index in [2.05, 4.69) is 32.2 Å². The van der Waals surface area contributed by atoms with E-state index in [-0.39, 0.29) is 5.54 Å². The van der Waals surface area contributed by atoms with Crippen LogP contribution in [0.5, 0.6) is 0 Å². The van der Waals surface area contributed by atoms with Gasteiger partial charge in [0.25, 0.3) is 0 Å². The van der Waals surface area contributed by atoms with Gasteiger partial charge in [-0.15, -0.1) is 13.2 Å². The third kappa shape index (κ3) is 2.57. The minimum Gasteiger partial charge on any atom is -0.321 e. The van der Waals surface area contributed by atoms with Gasteiger partial charge in [0.1, 0.15) is 0 Å². The average Bonchev–Trinajstić information content (AvgIpc) is 2.19. The van der Waals surface area contributed by atoms with Gasteiger partial charge in [0.05, 0.1) is 0 Å². The number of aryl methyl sites for hydroxylation is 1. The van der Waals surface area contributed by atoms with E-state index in [4.69, 9.17) is 5.73 Å². The van der Waals surface area contributed by atoms with Crippen LogP contribution in [0.3, 0.4) is 0 Å². The summed E-state index contributed by atoms with van der Waals surface area (Å²) in [7, 11) is 0. The first-order valence-electron chi connectivity index (χ1n) is 5.21. The molecule has 0 aliphatic heterocycles. The summed E-state index contributed by atoms with van der Waals surface area (Å²) >= 11 is 0. The van der Waals surface area contributed by atoms with Crippen LogP contribution in [0.1, 0.15) is 24.0 Å². The number of hydrogen-bond acceptors (Lipinski definition) is 1. The highest BCUT2D eigenvalue weighted by Gasteiger charge is 2.25. The molecule has 0 unspecified atom stereocenters. The third-order valence-corrected chi connectivity index (χ3v) is 2.70. The molecule has 0 saturated carbocycles. The fraction of sp³-hybridized carbons (Fsp3) is 0.286. The summed E-state index contributed by atoms with van der Waals surface area (Å²) in [6, 6.07) is 8.22. The molecule has 80 valence electrons. The zero-order chi connectivity index (χ0) is 11.3. The van der Waals surface area contributed by atoms with Crippen LogP contribution in [0.15, 0.2) is 49.6 Å². The number of hydrogen-bond donors (Lipinski definition) is 1. The van der Waals surface area contributed by atoms with Gasteiger partial charge in [-0.25, -0.2) is 0 Å². The van der Waals surface area contributed by atoms with Crippen molar-refractivity contribution in [1.29, 1.82) is 0 Å². The molecular weight excluding hydrogens is 182 g/mol. The quantitative estimate of drug-likeness (QED) is 0.727. The van der Waals surface area contributed by atoms with Gasteiger partial charge in [-0.2, -0.15) is 0 Å². The Morgan fingerprint density at radius 3 is 2.20 bits per heavy atom. The van der Waals surface area contributed by atoms with Gasteiger partial charge in [-0.3, -0.25) is 0 Å². The summed E-state index contributed by atoms with van der Waals surface area (Å²) in [6.45, 7) is 9.62. The molecule has 0 radical (unpaired) electrons. The van der Waals surface area contributed by atoms with Crippen molar-refractivity contribution < 1.29 is 0 Å². The average molecular weight is 201 g/mol. The normalized spacial score (nSPS) is 11.1. The molecule has 0 heterocycles. The topological polar surface area (TPSA) is 26.0 Å². The van der Waals surface area contributed by atoms with Crippen LogP contribution in [-0.4, -0.2) is 0 Å². The lowest BCUT2D eigenvalue weighted by molar-refractivity contribution is 0.454. The zero-order valence-electron chi connectivity index (χ0n) is 9.37. The van der Waals surface area contributed by atoms with Crippen LogP contribution in [0.4, 0.5) is 0 Å². The molecule has 1 aromatic rings. The Morgan fingerprint density at radius 1 is 1.20 bits per heavy atom. The molecule has 0 aliphatic rings. The molecule has 1 aromatic carbocycles. The van der Waals surface area contributed by atoms with Gasteiger partial charge in [-0.1, -0.05) is 36.4 Å². The van der Waals surface area contributed by atoms with E-state index in [0.717, 1.165) is 12.8 Å². The van der Waals surface area contributed by atoms with Crippen LogP contribution >= 0.6 is 0 Å². The second-order valence-electron chi connectivity index (χ2n) is 3.96. The number of nitrogens with two attached hydrogens (primary N) is 1. The molecule has 1 heteroatoms. The van der Waals surface area contributed by atoms with Crippen LogP contribution in [0.2, 0.25) is 0 Å². The molecule has 0 aliphatic carbocycles. The molecule has 15 heavy (non-hydrogen) atoms. The Labute approximate surface area is 92.3 Å². The third-order valence-electron chi connectivity index (χ3n) is 2.70. The number of benzene rings is 1. The fourth-order valence-electron chi connectivity index (χ4n) is 1.95. The van der Waals surface area contributed by atoms with Gasteiger partial charge in [0.15, 0.2) is 0 Å². The molecule has 0 spiro atoms. The van der Waals surface area contributed by atoms with Crippen molar-refractivity contribution in [2.75, 3.05) is 0 Å². The second-order valence-corrected chi connectivity index (χ2v) is 3.96. The Balaban J connectivity index is 3.13. The van der Waals surface area contributed by atoms with E-state index in [1.165, 1.54) is 11.1 Å². The van der Waals surface area contributed by atoms with Crippen molar-refractivity contribution in [1.82, 2.24) is 0 Å². The largest absolute Gasteiger partial charge is 0.321 e. The van der Waals surface area contributed by atoms with Gasteiger partial charge >= 0.3 is 0 Å². The number of rotatable bonds is 5. The van der Waals surface area contributed by atoms with Crippen molar-refractivity contribution >= 4 is 0 Å². The summed E-state index contributed by atoms with van der Waals surface area (Å²) in [6.07, 6.45) is 5.28. The van der Waals surface area contributed by atoms with Crippen LogP contribution in [-0.2, 0) is 5.54 Å². The van der Waals surface area contributed by atoms with Crippen molar-refractivity contribution in [2.24, 2.45) is 5.73 Å². The highest BCUT2D eigenvalue weighted by atomic mass is 14.7. The lowest BCUT2D eigenvalue weighted by atomic mass is 9.82. The van der Waals surface area contributed by atoms with Gasteiger partial charge in [-0.05, 0) is 30.9 Å². The van der Waals surface area contributed by atoms with E-state index >= 15 is 0 Å². The predicted octanol–water partition coefficient (Wildman–Crippen LogP) is 3.30. The second kappa shape index (κ2) is 4.94. The van der Waals surface area contributed by atoms with E-state index in [1.807, 2.05) is 24.3 Å². The molecule has 0 fully saturated rings. The molecule has 1 rings (SSSR count). The Morgan fingerprint density at radius 2 is 1.73 bits per heavy atom. The smallest absolute Gasteiger partial charge is 0.0481 e. The highest BCUT2D eigenvalue weighted by Crippen LogP contribution is 2.29. The van der Waals surface area contributed by atoms with Gasteiger partial charge in [0, 0.05) is 5.54 Å². The minimum atomic E-state index is -0.352.